The number of hydrogen-bond donors (Lipinski definition) is 6. The first-order valence-electron chi connectivity index (χ1n) is 13.2. The number of hydrogen-bond acceptors (Lipinski definition) is 5. The molecule has 2 aliphatic rings. The molecule has 0 heterocycles. The standard InChI is InChI=1S/C26H39FN6O4/c27-19-11-7-10-18(14-19)16-20(22(28)34)30-23(35)21(15-17-8-3-1-4-9-17)31-25(37)33-32-24(36)26(29)12-5-2-6-13-26/h7,10-11,14,17,20-21H,1-6,8-9,12-13,15-16,29H2,(H2,28,34)(H,30,35)(H,32,36)(H2,31,33,37)/t20-,21-/m0/s1. The molecular weight excluding hydrogens is 479 g/mol. The van der Waals surface area contributed by atoms with E-state index in [0.717, 1.165) is 51.4 Å². The molecule has 1 aromatic carbocycles. The van der Waals surface area contributed by atoms with Crippen LogP contribution >= 0.6 is 0 Å². The molecule has 0 saturated heterocycles. The van der Waals surface area contributed by atoms with Gasteiger partial charge in [0.15, 0.2) is 0 Å². The second kappa shape index (κ2) is 13.4. The monoisotopic (exact) mass is 518 g/mol. The number of carbonyl (C=O) groups excluding carboxylic acids is 4. The third-order valence-corrected chi connectivity index (χ3v) is 7.39. The highest BCUT2D eigenvalue weighted by Crippen LogP contribution is 2.28. The molecule has 0 aromatic heterocycles. The summed E-state index contributed by atoms with van der Waals surface area (Å²) in [6.45, 7) is 0. The minimum absolute atomic E-state index is 0.00974. The zero-order valence-corrected chi connectivity index (χ0v) is 21.2. The van der Waals surface area contributed by atoms with E-state index in [1.807, 2.05) is 0 Å². The number of nitrogens with one attached hydrogen (secondary N) is 4. The number of halogens is 1. The van der Waals surface area contributed by atoms with E-state index in [1.54, 1.807) is 6.07 Å². The Bertz CT molecular complexity index is 962. The Kier molecular flexibility index (Phi) is 10.2. The van der Waals surface area contributed by atoms with E-state index in [1.165, 1.54) is 18.2 Å². The fraction of sp³-hybridized carbons (Fsp3) is 0.615. The van der Waals surface area contributed by atoms with Gasteiger partial charge in [-0.1, -0.05) is 63.5 Å². The lowest BCUT2D eigenvalue weighted by Gasteiger charge is -2.32. The third-order valence-electron chi connectivity index (χ3n) is 7.39. The third kappa shape index (κ3) is 8.70. The van der Waals surface area contributed by atoms with Crippen LogP contribution in [0.2, 0.25) is 0 Å². The summed E-state index contributed by atoms with van der Waals surface area (Å²) in [7, 11) is 0. The predicted octanol–water partition coefficient (Wildman–Crippen LogP) is 1.67. The van der Waals surface area contributed by atoms with Crippen LogP contribution in [0, 0.1) is 11.7 Å². The van der Waals surface area contributed by atoms with Crippen LogP contribution in [-0.4, -0.2) is 41.4 Å². The van der Waals surface area contributed by atoms with Crippen LogP contribution in [0.3, 0.4) is 0 Å². The molecule has 2 aliphatic carbocycles. The van der Waals surface area contributed by atoms with Crippen molar-refractivity contribution in [1.82, 2.24) is 21.5 Å². The minimum atomic E-state index is -1.09. The van der Waals surface area contributed by atoms with Gasteiger partial charge in [-0.25, -0.2) is 14.6 Å². The van der Waals surface area contributed by atoms with Crippen molar-refractivity contribution in [2.24, 2.45) is 17.4 Å². The van der Waals surface area contributed by atoms with Crippen molar-refractivity contribution in [3.8, 4) is 0 Å². The van der Waals surface area contributed by atoms with Crippen LogP contribution in [0.5, 0.6) is 0 Å². The minimum Gasteiger partial charge on any atom is -0.368 e. The SMILES string of the molecule is NC(=O)[C@H](Cc1cccc(F)c1)NC(=O)[C@H](CC1CCCCC1)NC(=O)NNC(=O)C1(N)CCCCC1. The molecule has 0 unspecified atom stereocenters. The van der Waals surface area contributed by atoms with E-state index in [4.69, 9.17) is 11.5 Å². The van der Waals surface area contributed by atoms with Gasteiger partial charge in [0.25, 0.3) is 5.91 Å². The normalized spacial score (nSPS) is 19.2. The first kappa shape index (κ1) is 28.4. The molecule has 11 heteroatoms. The molecule has 0 radical (unpaired) electrons. The maximum Gasteiger partial charge on any atom is 0.334 e. The summed E-state index contributed by atoms with van der Waals surface area (Å²) in [6, 6.07) is 2.89. The quantitative estimate of drug-likeness (QED) is 0.273. The van der Waals surface area contributed by atoms with Gasteiger partial charge in [0.2, 0.25) is 11.8 Å². The maximum absolute atomic E-state index is 13.6. The summed E-state index contributed by atoms with van der Waals surface area (Å²) >= 11 is 0. The van der Waals surface area contributed by atoms with Gasteiger partial charge in [0.05, 0.1) is 5.54 Å². The number of nitrogens with two attached hydrogens (primary N) is 2. The van der Waals surface area contributed by atoms with E-state index < -0.39 is 47.2 Å². The summed E-state index contributed by atoms with van der Waals surface area (Å²) in [6.07, 6.45) is 9.25. The molecule has 0 bridgehead atoms. The average Bonchev–Trinajstić information content (AvgIpc) is 2.87. The Morgan fingerprint density at radius 1 is 0.946 bits per heavy atom. The van der Waals surface area contributed by atoms with Crippen LogP contribution in [0.1, 0.15) is 76.2 Å². The Balaban J connectivity index is 1.63. The molecule has 8 N–H and O–H groups in total. The lowest BCUT2D eigenvalue weighted by molar-refractivity contribution is -0.128. The van der Waals surface area contributed by atoms with Crippen LogP contribution in [0.15, 0.2) is 24.3 Å². The second-order valence-corrected chi connectivity index (χ2v) is 10.4. The highest BCUT2D eigenvalue weighted by molar-refractivity contribution is 5.92. The zero-order valence-electron chi connectivity index (χ0n) is 21.2. The van der Waals surface area contributed by atoms with Gasteiger partial charge >= 0.3 is 6.03 Å². The molecule has 37 heavy (non-hydrogen) atoms. The summed E-state index contributed by atoms with van der Waals surface area (Å²) in [4.78, 5) is 50.5. The van der Waals surface area contributed by atoms with Crippen LogP contribution in [-0.2, 0) is 20.8 Å². The molecule has 2 atom stereocenters. The molecule has 204 valence electrons. The van der Waals surface area contributed by atoms with Crippen molar-refractivity contribution in [2.45, 2.75) is 94.7 Å². The van der Waals surface area contributed by atoms with E-state index >= 15 is 0 Å². The van der Waals surface area contributed by atoms with Gasteiger partial charge in [-0.2, -0.15) is 0 Å². The Hall–Kier alpha value is -3.21. The number of rotatable bonds is 9. The van der Waals surface area contributed by atoms with Crippen molar-refractivity contribution in [3.63, 3.8) is 0 Å². The van der Waals surface area contributed by atoms with E-state index in [0.29, 0.717) is 24.8 Å². The summed E-state index contributed by atoms with van der Waals surface area (Å²) in [5.41, 5.74) is 15.9. The smallest absolute Gasteiger partial charge is 0.334 e. The van der Waals surface area contributed by atoms with Crippen LogP contribution < -0.4 is 33.0 Å². The Morgan fingerprint density at radius 2 is 1.62 bits per heavy atom. The van der Waals surface area contributed by atoms with Crippen molar-refractivity contribution in [2.75, 3.05) is 0 Å². The molecule has 3 rings (SSSR count). The van der Waals surface area contributed by atoms with Crippen molar-refractivity contribution < 1.29 is 23.6 Å². The lowest BCUT2D eigenvalue weighted by atomic mass is 9.82. The lowest BCUT2D eigenvalue weighted by Crippen LogP contribution is -2.61. The van der Waals surface area contributed by atoms with Crippen molar-refractivity contribution in [3.05, 3.63) is 35.6 Å². The van der Waals surface area contributed by atoms with E-state index in [2.05, 4.69) is 21.5 Å². The van der Waals surface area contributed by atoms with Crippen molar-refractivity contribution >= 4 is 23.8 Å². The van der Waals surface area contributed by atoms with Gasteiger partial charge in [0, 0.05) is 6.42 Å². The highest BCUT2D eigenvalue weighted by atomic mass is 19.1. The average molecular weight is 519 g/mol. The summed E-state index contributed by atoms with van der Waals surface area (Å²) in [5, 5.41) is 5.24. The molecule has 5 amide bonds. The Morgan fingerprint density at radius 3 is 2.27 bits per heavy atom. The van der Waals surface area contributed by atoms with Gasteiger partial charge < -0.3 is 22.1 Å². The number of urea groups is 1. The van der Waals surface area contributed by atoms with E-state index in [-0.39, 0.29) is 12.3 Å². The molecule has 2 saturated carbocycles. The topological polar surface area (TPSA) is 168 Å². The molecule has 0 spiro atoms. The second-order valence-electron chi connectivity index (χ2n) is 10.4. The number of hydrazine groups is 1. The van der Waals surface area contributed by atoms with Crippen LogP contribution in [0.25, 0.3) is 0 Å². The zero-order chi connectivity index (χ0) is 26.8. The van der Waals surface area contributed by atoms with Crippen molar-refractivity contribution in [1.29, 1.82) is 0 Å². The first-order valence-corrected chi connectivity index (χ1v) is 13.2. The number of benzene rings is 1. The molecule has 1 aromatic rings. The van der Waals surface area contributed by atoms with Crippen LogP contribution in [0.4, 0.5) is 9.18 Å². The fourth-order valence-electron chi connectivity index (χ4n) is 5.22. The van der Waals surface area contributed by atoms with Gasteiger partial charge in [-0.05, 0) is 42.9 Å². The maximum atomic E-state index is 13.6. The predicted molar refractivity (Wildman–Crippen MR) is 136 cm³/mol. The molecule has 10 nitrogen and oxygen atoms in total. The largest absolute Gasteiger partial charge is 0.368 e. The molecular formula is C26H39FN6O4. The molecule has 0 aliphatic heterocycles. The summed E-state index contributed by atoms with van der Waals surface area (Å²) in [5.74, 6) is -2.06. The highest BCUT2D eigenvalue weighted by Gasteiger charge is 2.36. The van der Waals surface area contributed by atoms with Gasteiger partial charge in [-0.15, -0.1) is 0 Å². The Labute approximate surface area is 216 Å². The number of primary amides is 1. The first-order chi connectivity index (χ1) is 17.7. The van der Waals surface area contributed by atoms with Gasteiger partial charge in [0.1, 0.15) is 17.9 Å². The van der Waals surface area contributed by atoms with Gasteiger partial charge in [-0.3, -0.25) is 19.8 Å². The molecule has 2 fully saturated rings. The fourth-order valence-corrected chi connectivity index (χ4v) is 5.22. The number of amides is 5. The summed E-state index contributed by atoms with van der Waals surface area (Å²) < 4.78 is 13.6. The number of carbonyl (C=O) groups is 4. The van der Waals surface area contributed by atoms with E-state index in [9.17, 15) is 23.6 Å².